The summed E-state index contributed by atoms with van der Waals surface area (Å²) >= 11 is 3.02. The van der Waals surface area contributed by atoms with Crippen LogP contribution in [0.5, 0.6) is 0 Å². The molecule has 4 rings (SSSR count). The smallest absolute Gasteiger partial charge is 0.289 e. The summed E-state index contributed by atoms with van der Waals surface area (Å²) in [5, 5.41) is 11.3. The van der Waals surface area contributed by atoms with Crippen molar-refractivity contribution in [3.63, 3.8) is 0 Å². The Morgan fingerprint density at radius 3 is 2.59 bits per heavy atom. The second kappa shape index (κ2) is 8.83. The average molecular weight is 432 g/mol. The summed E-state index contributed by atoms with van der Waals surface area (Å²) in [7, 11) is 0. The van der Waals surface area contributed by atoms with Crippen LogP contribution in [0.25, 0.3) is 10.7 Å². The number of carbonyl (C=O) groups excluding carboxylic acids is 2. The fraction of sp³-hybridized carbons (Fsp3) is 0.368. The minimum absolute atomic E-state index is 0.0448. The molecular formula is C19H21N5O3S2. The van der Waals surface area contributed by atoms with Gasteiger partial charge in [0.25, 0.3) is 5.91 Å². The number of nitrogens with zero attached hydrogens (tertiary/aromatic N) is 5. The van der Waals surface area contributed by atoms with E-state index >= 15 is 0 Å². The van der Waals surface area contributed by atoms with Gasteiger partial charge in [-0.3, -0.25) is 9.59 Å². The molecule has 3 aromatic heterocycles. The van der Waals surface area contributed by atoms with Gasteiger partial charge in [-0.2, -0.15) is 0 Å². The van der Waals surface area contributed by atoms with E-state index in [1.54, 1.807) is 33.3 Å². The molecule has 4 heterocycles. The van der Waals surface area contributed by atoms with Gasteiger partial charge in [-0.05, 0) is 30.5 Å². The van der Waals surface area contributed by atoms with Crippen LogP contribution in [-0.4, -0.2) is 68.3 Å². The Labute approximate surface area is 176 Å². The summed E-state index contributed by atoms with van der Waals surface area (Å²) < 4.78 is 7.20. The summed E-state index contributed by atoms with van der Waals surface area (Å²) in [6.07, 6.45) is 1.49. The van der Waals surface area contributed by atoms with Crippen molar-refractivity contribution in [2.24, 2.45) is 0 Å². The molecule has 0 aromatic carbocycles. The fourth-order valence-electron chi connectivity index (χ4n) is 3.20. The molecule has 10 heteroatoms. The number of rotatable bonds is 6. The quantitative estimate of drug-likeness (QED) is 0.558. The van der Waals surface area contributed by atoms with E-state index in [4.69, 9.17) is 4.42 Å². The zero-order chi connectivity index (χ0) is 20.2. The minimum atomic E-state index is -0.131. The van der Waals surface area contributed by atoms with E-state index in [-0.39, 0.29) is 11.8 Å². The molecule has 0 atom stereocenters. The van der Waals surface area contributed by atoms with Gasteiger partial charge in [0, 0.05) is 32.7 Å². The van der Waals surface area contributed by atoms with Crippen molar-refractivity contribution in [2.75, 3.05) is 31.9 Å². The number of hydrogen-bond acceptors (Lipinski definition) is 7. The van der Waals surface area contributed by atoms with Gasteiger partial charge in [0.2, 0.25) is 5.91 Å². The number of thioether (sulfide) groups is 1. The van der Waals surface area contributed by atoms with Crippen LogP contribution in [0.2, 0.25) is 0 Å². The van der Waals surface area contributed by atoms with E-state index in [9.17, 15) is 9.59 Å². The average Bonchev–Trinajstić information content (AvgIpc) is 3.52. The number of carbonyl (C=O) groups is 2. The van der Waals surface area contributed by atoms with E-state index in [2.05, 4.69) is 10.2 Å². The van der Waals surface area contributed by atoms with Crippen molar-refractivity contribution in [3.05, 3.63) is 41.7 Å². The van der Waals surface area contributed by atoms with Crippen molar-refractivity contribution in [2.45, 2.75) is 18.6 Å². The van der Waals surface area contributed by atoms with Gasteiger partial charge in [0.05, 0.1) is 16.9 Å². The highest BCUT2D eigenvalue weighted by Gasteiger charge is 2.26. The number of thiophene rings is 1. The lowest BCUT2D eigenvalue weighted by atomic mass is 10.3. The molecule has 1 saturated heterocycles. The molecule has 29 heavy (non-hydrogen) atoms. The van der Waals surface area contributed by atoms with Gasteiger partial charge in [-0.1, -0.05) is 17.8 Å². The summed E-state index contributed by atoms with van der Waals surface area (Å²) in [4.78, 5) is 29.5. The van der Waals surface area contributed by atoms with Crippen LogP contribution in [0, 0.1) is 0 Å². The molecule has 152 valence electrons. The Kier molecular flexibility index (Phi) is 6.00. The van der Waals surface area contributed by atoms with Crippen molar-refractivity contribution < 1.29 is 14.0 Å². The normalized spacial score (nSPS) is 14.4. The third-order valence-electron chi connectivity index (χ3n) is 4.75. The van der Waals surface area contributed by atoms with Crippen molar-refractivity contribution in [1.82, 2.24) is 24.6 Å². The van der Waals surface area contributed by atoms with Gasteiger partial charge < -0.3 is 18.8 Å². The predicted octanol–water partition coefficient (Wildman–Crippen LogP) is 2.70. The lowest BCUT2D eigenvalue weighted by Gasteiger charge is -2.34. The van der Waals surface area contributed by atoms with Crippen LogP contribution in [-0.2, 0) is 11.3 Å². The molecule has 0 N–H and O–H groups in total. The zero-order valence-corrected chi connectivity index (χ0v) is 17.6. The summed E-state index contributed by atoms with van der Waals surface area (Å²) in [5.74, 6) is 1.38. The van der Waals surface area contributed by atoms with Crippen molar-refractivity contribution in [3.8, 4) is 10.7 Å². The maximum absolute atomic E-state index is 12.6. The van der Waals surface area contributed by atoms with Crippen LogP contribution in [0.15, 0.2) is 45.5 Å². The van der Waals surface area contributed by atoms with Crippen molar-refractivity contribution >= 4 is 34.9 Å². The van der Waals surface area contributed by atoms with Gasteiger partial charge in [-0.25, -0.2) is 0 Å². The second-order valence-electron chi connectivity index (χ2n) is 6.47. The summed E-state index contributed by atoms with van der Waals surface area (Å²) in [6, 6.07) is 7.36. The van der Waals surface area contributed by atoms with Crippen molar-refractivity contribution in [1.29, 1.82) is 0 Å². The number of piperazine rings is 1. The first-order valence-corrected chi connectivity index (χ1v) is 11.2. The molecule has 0 saturated carbocycles. The molecule has 0 radical (unpaired) electrons. The fourth-order valence-corrected chi connectivity index (χ4v) is 4.82. The molecular weight excluding hydrogens is 410 g/mol. The van der Waals surface area contributed by atoms with Crippen LogP contribution in [0.3, 0.4) is 0 Å². The monoisotopic (exact) mass is 431 g/mol. The first-order chi connectivity index (χ1) is 14.2. The largest absolute Gasteiger partial charge is 0.459 e. The molecule has 0 aliphatic carbocycles. The minimum Gasteiger partial charge on any atom is -0.459 e. The van der Waals surface area contributed by atoms with E-state index < -0.39 is 0 Å². The molecule has 8 nitrogen and oxygen atoms in total. The maximum Gasteiger partial charge on any atom is 0.289 e. The Balaban J connectivity index is 1.31. The number of furan rings is 1. The molecule has 0 spiro atoms. The Morgan fingerprint density at radius 2 is 1.93 bits per heavy atom. The summed E-state index contributed by atoms with van der Waals surface area (Å²) in [6.45, 7) is 4.83. The molecule has 2 amide bonds. The van der Waals surface area contributed by atoms with Gasteiger partial charge >= 0.3 is 0 Å². The Morgan fingerprint density at radius 1 is 1.14 bits per heavy atom. The van der Waals surface area contributed by atoms with E-state index in [0.29, 0.717) is 37.7 Å². The standard InChI is InChI=1S/C19H21N5O3S2/c1-2-24-17(15-6-4-12-28-15)20-21-19(24)29-13-16(25)22-7-9-23(10-8-22)18(26)14-5-3-11-27-14/h3-6,11-12H,2,7-10,13H2,1H3. The third kappa shape index (κ3) is 4.23. The van der Waals surface area contributed by atoms with Crippen LogP contribution < -0.4 is 0 Å². The van der Waals surface area contributed by atoms with E-state index in [1.165, 1.54) is 18.0 Å². The zero-order valence-electron chi connectivity index (χ0n) is 16.0. The highest BCUT2D eigenvalue weighted by molar-refractivity contribution is 7.99. The molecule has 1 aliphatic heterocycles. The Bertz CT molecular complexity index is 960. The molecule has 1 aliphatic rings. The first-order valence-electron chi connectivity index (χ1n) is 9.37. The van der Waals surface area contributed by atoms with Crippen LogP contribution in [0.4, 0.5) is 0 Å². The molecule has 3 aromatic rings. The summed E-state index contributed by atoms with van der Waals surface area (Å²) in [5.41, 5.74) is 0. The first kappa shape index (κ1) is 19.7. The Hall–Kier alpha value is -2.59. The number of aromatic nitrogens is 3. The molecule has 0 unspecified atom stereocenters. The lowest BCUT2D eigenvalue weighted by molar-refractivity contribution is -0.129. The molecule has 1 fully saturated rings. The van der Waals surface area contributed by atoms with Gasteiger partial charge in [0.15, 0.2) is 16.7 Å². The topological polar surface area (TPSA) is 84.5 Å². The SMILES string of the molecule is CCn1c(SCC(=O)N2CCN(C(=O)c3ccco3)CC2)nnc1-c1cccs1. The van der Waals surface area contributed by atoms with Crippen LogP contribution >= 0.6 is 23.1 Å². The molecule has 0 bridgehead atoms. The van der Waals surface area contributed by atoms with E-state index in [1.807, 2.05) is 29.0 Å². The maximum atomic E-state index is 12.6. The van der Waals surface area contributed by atoms with Gasteiger partial charge in [0.1, 0.15) is 0 Å². The predicted molar refractivity (Wildman–Crippen MR) is 111 cm³/mol. The third-order valence-corrected chi connectivity index (χ3v) is 6.57. The van der Waals surface area contributed by atoms with Crippen LogP contribution in [0.1, 0.15) is 17.5 Å². The number of hydrogen-bond donors (Lipinski definition) is 0. The van der Waals surface area contributed by atoms with Gasteiger partial charge in [-0.15, -0.1) is 21.5 Å². The number of amides is 2. The van der Waals surface area contributed by atoms with E-state index in [0.717, 1.165) is 22.4 Å². The second-order valence-corrected chi connectivity index (χ2v) is 8.36. The highest BCUT2D eigenvalue weighted by Crippen LogP contribution is 2.27. The highest BCUT2D eigenvalue weighted by atomic mass is 32.2. The lowest BCUT2D eigenvalue weighted by Crippen LogP contribution is -2.51.